The van der Waals surface area contributed by atoms with Crippen LogP contribution in [0.25, 0.3) is 0 Å². The zero-order valence-electron chi connectivity index (χ0n) is 16.5. The van der Waals surface area contributed by atoms with E-state index in [-0.39, 0.29) is 12.0 Å². The van der Waals surface area contributed by atoms with Gasteiger partial charge in [-0.15, -0.1) is 11.3 Å². The number of hydrogen-bond donors (Lipinski definition) is 2. The van der Waals surface area contributed by atoms with Gasteiger partial charge in [0.1, 0.15) is 0 Å². The Hall–Kier alpha value is -1.08. The fourth-order valence-electron chi connectivity index (χ4n) is 3.30. The van der Waals surface area contributed by atoms with Crippen molar-refractivity contribution in [2.24, 2.45) is 4.99 Å². The molecule has 2 rings (SSSR count). The van der Waals surface area contributed by atoms with Gasteiger partial charge in [-0.25, -0.2) is 8.42 Å². The molecule has 1 aromatic rings. The van der Waals surface area contributed by atoms with Crippen molar-refractivity contribution in [3.8, 4) is 0 Å². The molecule has 0 spiro atoms. The second-order valence-corrected chi connectivity index (χ2v) is 11.5. The van der Waals surface area contributed by atoms with Crippen molar-refractivity contribution in [2.45, 2.75) is 63.0 Å². The molecule has 0 aromatic carbocycles. The van der Waals surface area contributed by atoms with Crippen LogP contribution in [0.3, 0.4) is 0 Å². The molecule has 0 atom stereocenters. The smallest absolute Gasteiger partial charge is 0.191 e. The molecule has 0 aliphatic heterocycles. The number of hydrogen-bond acceptors (Lipinski definition) is 4. The molecule has 1 aliphatic carbocycles. The molecule has 1 aliphatic rings. The summed E-state index contributed by atoms with van der Waals surface area (Å²) in [5.74, 6) is 0.700. The van der Waals surface area contributed by atoms with Crippen LogP contribution in [-0.4, -0.2) is 45.0 Å². The predicted molar refractivity (Wildman–Crippen MR) is 112 cm³/mol. The van der Waals surface area contributed by atoms with Crippen molar-refractivity contribution in [3.05, 3.63) is 22.4 Å². The van der Waals surface area contributed by atoms with Gasteiger partial charge in [0.25, 0.3) is 0 Å². The molecule has 5 nitrogen and oxygen atoms in total. The minimum atomic E-state index is -3.16. The van der Waals surface area contributed by atoms with Gasteiger partial charge < -0.3 is 10.6 Å². The highest BCUT2D eigenvalue weighted by atomic mass is 32.2. The summed E-state index contributed by atoms with van der Waals surface area (Å²) in [5.41, 5.74) is 0.162. The Balaban J connectivity index is 2.12. The second kappa shape index (κ2) is 8.74. The van der Waals surface area contributed by atoms with E-state index in [9.17, 15) is 8.42 Å². The monoisotopic (exact) mass is 399 g/mol. The van der Waals surface area contributed by atoms with Gasteiger partial charge in [0.2, 0.25) is 0 Å². The van der Waals surface area contributed by atoms with E-state index in [2.05, 4.69) is 33.1 Å². The Kier molecular flexibility index (Phi) is 7.13. The van der Waals surface area contributed by atoms with Crippen LogP contribution in [0, 0.1) is 0 Å². The number of nitrogens with zero attached hydrogens (tertiary/aromatic N) is 1. The molecular formula is C19H33N3O2S2. The maximum absolute atomic E-state index is 11.9. The summed E-state index contributed by atoms with van der Waals surface area (Å²) in [4.78, 5) is 6.01. The van der Waals surface area contributed by atoms with Gasteiger partial charge in [-0.05, 0) is 45.1 Å². The molecule has 0 unspecified atom stereocenters. The first-order valence-corrected chi connectivity index (χ1v) is 12.2. The van der Waals surface area contributed by atoms with Crippen LogP contribution in [0.4, 0.5) is 0 Å². The number of rotatable bonds is 7. The highest BCUT2D eigenvalue weighted by Crippen LogP contribution is 2.41. The Morgan fingerprint density at radius 1 is 1.27 bits per heavy atom. The standard InChI is InChI=1S/C19H33N3O2S2/c1-5-20-17(21-14-18(2,3)26(4,23)24)22-15-19(11-7-6-8-12-19)16-10-9-13-25-16/h9-10,13H,5-8,11-12,14-15H2,1-4H3,(H2,20,21,22). The third kappa shape index (κ3) is 5.22. The molecule has 0 bridgehead atoms. The van der Waals surface area contributed by atoms with Gasteiger partial charge in [0, 0.05) is 29.6 Å². The fourth-order valence-corrected chi connectivity index (χ4v) is 4.59. The maximum Gasteiger partial charge on any atom is 0.191 e. The number of sulfone groups is 1. The van der Waals surface area contributed by atoms with E-state index in [1.165, 1.54) is 43.2 Å². The first-order chi connectivity index (χ1) is 12.2. The molecule has 26 heavy (non-hydrogen) atoms. The molecule has 1 fully saturated rings. The molecule has 1 aromatic heterocycles. The third-order valence-electron chi connectivity index (χ3n) is 5.41. The Morgan fingerprint density at radius 2 is 1.96 bits per heavy atom. The van der Waals surface area contributed by atoms with Crippen molar-refractivity contribution in [2.75, 3.05) is 25.9 Å². The summed E-state index contributed by atoms with van der Waals surface area (Å²) >= 11 is 1.83. The Morgan fingerprint density at radius 3 is 2.50 bits per heavy atom. The fraction of sp³-hybridized carbons (Fsp3) is 0.737. The Bertz CT molecular complexity index is 688. The van der Waals surface area contributed by atoms with Gasteiger partial charge in [-0.3, -0.25) is 4.99 Å². The average Bonchev–Trinajstić information content (AvgIpc) is 3.12. The van der Waals surface area contributed by atoms with Crippen LogP contribution >= 0.6 is 11.3 Å². The van der Waals surface area contributed by atoms with Crippen LogP contribution in [0.1, 0.15) is 57.8 Å². The topological polar surface area (TPSA) is 70.6 Å². The lowest BCUT2D eigenvalue weighted by molar-refractivity contribution is 0.296. The quantitative estimate of drug-likeness (QED) is 0.545. The lowest BCUT2D eigenvalue weighted by atomic mass is 9.73. The molecule has 7 heteroatoms. The van der Waals surface area contributed by atoms with Crippen LogP contribution in [-0.2, 0) is 15.3 Å². The number of thiophene rings is 1. The largest absolute Gasteiger partial charge is 0.357 e. The van der Waals surface area contributed by atoms with Gasteiger partial charge in [-0.1, -0.05) is 25.3 Å². The van der Waals surface area contributed by atoms with Crippen LogP contribution in [0.15, 0.2) is 22.5 Å². The minimum Gasteiger partial charge on any atom is -0.357 e. The van der Waals surface area contributed by atoms with E-state index < -0.39 is 14.6 Å². The maximum atomic E-state index is 11.9. The molecular weight excluding hydrogens is 366 g/mol. The predicted octanol–water partition coefficient (Wildman–Crippen LogP) is 3.33. The first-order valence-electron chi connectivity index (χ1n) is 9.46. The number of nitrogens with one attached hydrogen (secondary N) is 2. The van der Waals surface area contributed by atoms with E-state index >= 15 is 0 Å². The summed E-state index contributed by atoms with van der Waals surface area (Å²) in [6, 6.07) is 4.37. The highest BCUT2D eigenvalue weighted by molar-refractivity contribution is 7.92. The summed E-state index contributed by atoms with van der Waals surface area (Å²) in [7, 11) is -3.16. The van der Waals surface area contributed by atoms with Gasteiger partial charge in [0.15, 0.2) is 15.8 Å². The normalized spacial score (nSPS) is 18.5. The molecule has 1 heterocycles. The van der Waals surface area contributed by atoms with Crippen LogP contribution in [0.5, 0.6) is 0 Å². The molecule has 0 amide bonds. The van der Waals surface area contributed by atoms with Crippen molar-refractivity contribution < 1.29 is 8.42 Å². The van der Waals surface area contributed by atoms with E-state index in [1.807, 2.05) is 18.3 Å². The lowest BCUT2D eigenvalue weighted by Crippen LogP contribution is -2.47. The van der Waals surface area contributed by atoms with E-state index in [0.29, 0.717) is 5.96 Å². The number of aliphatic imine (C=N–C) groups is 1. The van der Waals surface area contributed by atoms with E-state index in [4.69, 9.17) is 0 Å². The van der Waals surface area contributed by atoms with Gasteiger partial charge >= 0.3 is 0 Å². The van der Waals surface area contributed by atoms with Crippen LogP contribution < -0.4 is 10.6 Å². The molecule has 0 saturated heterocycles. The molecule has 148 valence electrons. The third-order valence-corrected chi connectivity index (χ3v) is 8.67. The van der Waals surface area contributed by atoms with Crippen molar-refractivity contribution in [1.82, 2.24) is 10.6 Å². The summed E-state index contributed by atoms with van der Waals surface area (Å²) in [6.45, 7) is 7.30. The summed E-state index contributed by atoms with van der Waals surface area (Å²) < 4.78 is 23.0. The summed E-state index contributed by atoms with van der Waals surface area (Å²) in [6.07, 6.45) is 7.48. The molecule has 0 radical (unpaired) electrons. The van der Waals surface area contributed by atoms with Crippen molar-refractivity contribution in [1.29, 1.82) is 0 Å². The van der Waals surface area contributed by atoms with Crippen molar-refractivity contribution in [3.63, 3.8) is 0 Å². The molecule has 2 N–H and O–H groups in total. The minimum absolute atomic E-state index is 0.162. The van der Waals surface area contributed by atoms with Crippen molar-refractivity contribution >= 4 is 27.1 Å². The lowest BCUT2D eigenvalue weighted by Gasteiger charge is -2.37. The van der Waals surface area contributed by atoms with E-state index in [1.54, 1.807) is 13.8 Å². The average molecular weight is 400 g/mol. The number of guanidine groups is 1. The molecule has 1 saturated carbocycles. The second-order valence-electron chi connectivity index (χ2n) is 7.90. The van der Waals surface area contributed by atoms with Gasteiger partial charge in [-0.2, -0.15) is 0 Å². The zero-order valence-corrected chi connectivity index (χ0v) is 18.1. The highest BCUT2D eigenvalue weighted by Gasteiger charge is 2.35. The Labute approximate surface area is 162 Å². The van der Waals surface area contributed by atoms with Crippen LogP contribution in [0.2, 0.25) is 0 Å². The SMILES string of the molecule is CCNC(=NCC(C)(C)S(C)(=O)=O)NCC1(c2cccs2)CCCCC1. The zero-order chi connectivity index (χ0) is 19.3. The van der Waals surface area contributed by atoms with Gasteiger partial charge in [0.05, 0.1) is 11.3 Å². The summed E-state index contributed by atoms with van der Waals surface area (Å²) in [5, 5.41) is 8.90. The van der Waals surface area contributed by atoms with E-state index in [0.717, 1.165) is 13.1 Å². The first kappa shape index (κ1) is 21.2.